The molecule has 2 rings (SSSR count). The van der Waals surface area contributed by atoms with Crippen LogP contribution in [0.15, 0.2) is 42.5 Å². The van der Waals surface area contributed by atoms with Crippen LogP contribution in [0.4, 0.5) is 5.69 Å². The zero-order valence-corrected chi connectivity index (χ0v) is 19.2. The Hall–Kier alpha value is -2.74. The Morgan fingerprint density at radius 3 is 2.10 bits per heavy atom. The lowest BCUT2D eigenvalue weighted by molar-refractivity contribution is -0.128. The van der Waals surface area contributed by atoms with Crippen LogP contribution in [0.2, 0.25) is 0 Å². The first kappa shape index (κ1) is 23.5. The molecule has 0 unspecified atom stereocenters. The molecule has 0 heterocycles. The monoisotopic (exact) mass is 434 g/mol. The maximum atomic E-state index is 12.8. The number of carbonyl (C=O) groups is 1. The highest BCUT2D eigenvalue weighted by Crippen LogP contribution is 2.28. The standard InChI is InChI=1S/C22H30N2O5S/c1-16(2)18-8-10-19(11-9-18)24(30(6,26)27)15-22(25)23(3)14-17-7-12-20(28-4)21(13-17)29-5/h7-13,16H,14-15H2,1-6H3. The van der Waals surface area contributed by atoms with Crippen LogP contribution >= 0.6 is 0 Å². The van der Waals surface area contributed by atoms with E-state index in [1.165, 1.54) is 4.90 Å². The summed E-state index contributed by atoms with van der Waals surface area (Å²) in [6.07, 6.45) is 1.10. The summed E-state index contributed by atoms with van der Waals surface area (Å²) in [6.45, 7) is 4.17. The number of hydrogen-bond acceptors (Lipinski definition) is 5. The van der Waals surface area contributed by atoms with E-state index >= 15 is 0 Å². The van der Waals surface area contributed by atoms with Gasteiger partial charge in [0.15, 0.2) is 11.5 Å². The summed E-state index contributed by atoms with van der Waals surface area (Å²) in [6, 6.07) is 12.6. The maximum Gasteiger partial charge on any atom is 0.243 e. The van der Waals surface area contributed by atoms with Crippen LogP contribution in [0.25, 0.3) is 0 Å². The Bertz CT molecular complexity index is 972. The van der Waals surface area contributed by atoms with Gasteiger partial charge >= 0.3 is 0 Å². The average Bonchev–Trinajstić information content (AvgIpc) is 2.70. The predicted molar refractivity (Wildman–Crippen MR) is 119 cm³/mol. The number of ether oxygens (including phenoxy) is 2. The summed E-state index contributed by atoms with van der Waals surface area (Å²) < 4.78 is 36.3. The second-order valence-corrected chi connectivity index (χ2v) is 9.36. The third kappa shape index (κ3) is 5.89. The molecular formula is C22H30N2O5S. The van der Waals surface area contributed by atoms with Crippen molar-refractivity contribution in [2.45, 2.75) is 26.3 Å². The van der Waals surface area contributed by atoms with Crippen molar-refractivity contribution in [1.29, 1.82) is 0 Å². The first-order valence-corrected chi connectivity index (χ1v) is 11.4. The van der Waals surface area contributed by atoms with Gasteiger partial charge in [-0.2, -0.15) is 0 Å². The molecule has 0 N–H and O–H groups in total. The van der Waals surface area contributed by atoms with E-state index in [1.54, 1.807) is 45.5 Å². The predicted octanol–water partition coefficient (Wildman–Crippen LogP) is 3.25. The minimum atomic E-state index is -3.62. The van der Waals surface area contributed by atoms with E-state index in [4.69, 9.17) is 9.47 Å². The lowest BCUT2D eigenvalue weighted by Gasteiger charge is -2.25. The normalized spacial score (nSPS) is 11.3. The maximum absolute atomic E-state index is 12.8. The summed E-state index contributed by atoms with van der Waals surface area (Å²) >= 11 is 0. The quantitative estimate of drug-likeness (QED) is 0.606. The molecule has 0 fully saturated rings. The smallest absolute Gasteiger partial charge is 0.243 e. The van der Waals surface area contributed by atoms with Crippen LogP contribution in [-0.2, 0) is 21.4 Å². The molecular weight excluding hydrogens is 404 g/mol. The lowest BCUT2D eigenvalue weighted by atomic mass is 10.0. The molecule has 0 aliphatic heterocycles. The highest BCUT2D eigenvalue weighted by atomic mass is 32.2. The largest absolute Gasteiger partial charge is 0.493 e. The summed E-state index contributed by atoms with van der Waals surface area (Å²) in [5.41, 5.74) is 2.41. The lowest BCUT2D eigenvalue weighted by Crippen LogP contribution is -2.41. The third-order valence-corrected chi connectivity index (χ3v) is 5.96. The Balaban J connectivity index is 2.17. The summed E-state index contributed by atoms with van der Waals surface area (Å²) in [7, 11) is 1.12. The van der Waals surface area contributed by atoms with E-state index in [0.717, 1.165) is 21.7 Å². The molecule has 0 radical (unpaired) electrons. The molecule has 0 aromatic heterocycles. The van der Waals surface area contributed by atoms with E-state index in [-0.39, 0.29) is 12.5 Å². The van der Waals surface area contributed by atoms with E-state index in [9.17, 15) is 13.2 Å². The molecule has 8 heteroatoms. The summed E-state index contributed by atoms with van der Waals surface area (Å²) in [5, 5.41) is 0. The van der Waals surface area contributed by atoms with Gasteiger partial charge in [-0.05, 0) is 41.3 Å². The van der Waals surface area contributed by atoms with Crippen molar-refractivity contribution in [2.75, 3.05) is 38.4 Å². The number of nitrogens with zero attached hydrogens (tertiary/aromatic N) is 2. The van der Waals surface area contributed by atoms with Gasteiger partial charge in [0.2, 0.25) is 15.9 Å². The number of rotatable bonds is 9. The molecule has 0 atom stereocenters. The second kappa shape index (κ2) is 9.84. The number of carbonyl (C=O) groups excluding carboxylic acids is 1. The SMILES string of the molecule is COc1ccc(CN(C)C(=O)CN(c2ccc(C(C)C)cc2)S(C)(=O)=O)cc1OC. The third-order valence-electron chi connectivity index (χ3n) is 4.82. The molecule has 0 aliphatic rings. The number of methoxy groups -OCH3 is 2. The summed E-state index contributed by atoms with van der Waals surface area (Å²) in [5.74, 6) is 1.19. The van der Waals surface area contributed by atoms with Gasteiger partial charge in [-0.3, -0.25) is 9.10 Å². The van der Waals surface area contributed by atoms with Gasteiger partial charge in [0.05, 0.1) is 26.2 Å². The molecule has 0 saturated heterocycles. The molecule has 0 bridgehead atoms. The zero-order valence-electron chi connectivity index (χ0n) is 18.4. The fourth-order valence-electron chi connectivity index (χ4n) is 3.01. The Morgan fingerprint density at radius 2 is 1.60 bits per heavy atom. The van der Waals surface area contributed by atoms with Gasteiger partial charge in [0.1, 0.15) is 6.54 Å². The Morgan fingerprint density at radius 1 is 1.00 bits per heavy atom. The van der Waals surface area contributed by atoms with Crippen LogP contribution in [0.5, 0.6) is 11.5 Å². The minimum Gasteiger partial charge on any atom is -0.493 e. The van der Waals surface area contributed by atoms with Gasteiger partial charge < -0.3 is 14.4 Å². The second-order valence-electron chi connectivity index (χ2n) is 7.46. The van der Waals surface area contributed by atoms with Crippen molar-refractivity contribution in [2.24, 2.45) is 0 Å². The van der Waals surface area contributed by atoms with Crippen LogP contribution < -0.4 is 13.8 Å². The Kier molecular flexibility index (Phi) is 7.72. The van der Waals surface area contributed by atoms with Crippen LogP contribution in [0.1, 0.15) is 30.9 Å². The van der Waals surface area contributed by atoms with E-state index in [0.29, 0.717) is 29.6 Å². The van der Waals surface area contributed by atoms with Gasteiger partial charge in [0, 0.05) is 13.6 Å². The molecule has 0 aliphatic carbocycles. The fraction of sp³-hybridized carbons (Fsp3) is 0.409. The number of benzene rings is 2. The molecule has 0 saturated carbocycles. The Labute approximate surface area is 179 Å². The molecule has 164 valence electrons. The van der Waals surface area contributed by atoms with Crippen molar-refractivity contribution in [3.8, 4) is 11.5 Å². The number of likely N-dealkylation sites (N-methyl/N-ethyl adjacent to an activating group) is 1. The zero-order chi connectivity index (χ0) is 22.5. The molecule has 2 aromatic carbocycles. The highest BCUT2D eigenvalue weighted by Gasteiger charge is 2.23. The average molecular weight is 435 g/mol. The van der Waals surface area contributed by atoms with Crippen LogP contribution in [0.3, 0.4) is 0 Å². The van der Waals surface area contributed by atoms with Gasteiger partial charge in [-0.1, -0.05) is 32.0 Å². The van der Waals surface area contributed by atoms with Crippen molar-refractivity contribution in [3.05, 3.63) is 53.6 Å². The number of hydrogen-bond donors (Lipinski definition) is 0. The first-order chi connectivity index (χ1) is 14.1. The molecule has 1 amide bonds. The van der Waals surface area contributed by atoms with Gasteiger partial charge in [-0.15, -0.1) is 0 Å². The number of anilines is 1. The first-order valence-electron chi connectivity index (χ1n) is 9.59. The van der Waals surface area contributed by atoms with Gasteiger partial charge in [-0.25, -0.2) is 8.42 Å². The van der Waals surface area contributed by atoms with E-state index in [2.05, 4.69) is 13.8 Å². The highest BCUT2D eigenvalue weighted by molar-refractivity contribution is 7.92. The molecule has 0 spiro atoms. The van der Waals surface area contributed by atoms with Crippen molar-refractivity contribution in [3.63, 3.8) is 0 Å². The number of sulfonamides is 1. The minimum absolute atomic E-state index is 0.274. The fourth-order valence-corrected chi connectivity index (χ4v) is 3.86. The van der Waals surface area contributed by atoms with Crippen molar-refractivity contribution < 1.29 is 22.7 Å². The molecule has 2 aromatic rings. The van der Waals surface area contributed by atoms with Crippen molar-refractivity contribution in [1.82, 2.24) is 4.90 Å². The van der Waals surface area contributed by atoms with Crippen LogP contribution in [0, 0.1) is 0 Å². The van der Waals surface area contributed by atoms with Crippen LogP contribution in [-0.4, -0.2) is 53.3 Å². The molecule has 7 nitrogen and oxygen atoms in total. The summed E-state index contributed by atoms with van der Waals surface area (Å²) in [4.78, 5) is 14.3. The number of amides is 1. The topological polar surface area (TPSA) is 76.2 Å². The van der Waals surface area contributed by atoms with Gasteiger partial charge in [0.25, 0.3) is 0 Å². The van der Waals surface area contributed by atoms with E-state index in [1.807, 2.05) is 18.2 Å². The van der Waals surface area contributed by atoms with E-state index < -0.39 is 10.0 Å². The molecule has 30 heavy (non-hydrogen) atoms. The van der Waals surface area contributed by atoms with Crippen molar-refractivity contribution >= 4 is 21.6 Å².